The quantitative estimate of drug-likeness (QED) is 0.260. The summed E-state index contributed by atoms with van der Waals surface area (Å²) in [4.78, 5) is 29.4. The fourth-order valence-electron chi connectivity index (χ4n) is 3.86. The predicted octanol–water partition coefficient (Wildman–Crippen LogP) is 3.86. The number of amides is 1. The van der Waals surface area contributed by atoms with Gasteiger partial charge >= 0.3 is 0 Å². The molecule has 1 aliphatic heterocycles. The number of aromatic hydroxyl groups is 1. The first-order valence-corrected chi connectivity index (χ1v) is 11.2. The number of phenolic OH excluding ortho intramolecular Hbond substituents is 1. The van der Waals surface area contributed by atoms with Crippen molar-refractivity contribution in [3.05, 3.63) is 64.7 Å². The van der Waals surface area contributed by atoms with Crippen LogP contribution >= 0.6 is 0 Å². The molecule has 33 heavy (non-hydrogen) atoms. The Hall–Kier alpha value is -3.32. The van der Waals surface area contributed by atoms with Gasteiger partial charge in [-0.1, -0.05) is 25.5 Å². The molecule has 2 N–H and O–H groups in total. The summed E-state index contributed by atoms with van der Waals surface area (Å²) in [5.41, 5.74) is 1.97. The number of aliphatic hydroxyl groups is 1. The molecule has 1 saturated heterocycles. The molecule has 0 bridgehead atoms. The molecular weight excluding hydrogens is 420 g/mol. The van der Waals surface area contributed by atoms with Crippen molar-refractivity contribution in [2.75, 3.05) is 33.8 Å². The number of aliphatic hydroxyl groups excluding tert-OH is 1. The van der Waals surface area contributed by atoms with Crippen LogP contribution < -0.4 is 4.74 Å². The normalized spacial score (nSPS) is 17.7. The molecule has 0 aromatic heterocycles. The van der Waals surface area contributed by atoms with Gasteiger partial charge in [-0.15, -0.1) is 0 Å². The van der Waals surface area contributed by atoms with Crippen LogP contribution in [0.4, 0.5) is 0 Å². The average Bonchev–Trinajstić information content (AvgIpc) is 3.03. The highest BCUT2D eigenvalue weighted by atomic mass is 16.5. The lowest BCUT2D eigenvalue weighted by Crippen LogP contribution is -2.35. The zero-order valence-electron chi connectivity index (χ0n) is 19.7. The first-order valence-electron chi connectivity index (χ1n) is 11.2. The van der Waals surface area contributed by atoms with Gasteiger partial charge in [0.15, 0.2) is 0 Å². The predicted molar refractivity (Wildman–Crippen MR) is 127 cm³/mol. The van der Waals surface area contributed by atoms with Gasteiger partial charge in [0.05, 0.1) is 18.2 Å². The molecule has 7 nitrogen and oxygen atoms in total. The maximum absolute atomic E-state index is 13.1. The Kier molecular flexibility index (Phi) is 7.76. The van der Waals surface area contributed by atoms with Gasteiger partial charge in [-0.2, -0.15) is 0 Å². The number of carbonyl (C=O) groups excluding carboxylic acids is 2. The lowest BCUT2D eigenvalue weighted by Gasteiger charge is -2.26. The second kappa shape index (κ2) is 10.5. The number of unbranched alkanes of at least 4 members (excludes halogenated alkanes) is 1. The highest BCUT2D eigenvalue weighted by Crippen LogP contribution is 2.40. The number of benzene rings is 2. The van der Waals surface area contributed by atoms with Crippen LogP contribution in [0.3, 0.4) is 0 Å². The van der Waals surface area contributed by atoms with Crippen molar-refractivity contribution >= 4 is 17.4 Å². The molecule has 1 fully saturated rings. The summed E-state index contributed by atoms with van der Waals surface area (Å²) < 4.78 is 5.79. The first-order chi connectivity index (χ1) is 15.7. The van der Waals surface area contributed by atoms with Gasteiger partial charge in [0.25, 0.3) is 11.7 Å². The summed E-state index contributed by atoms with van der Waals surface area (Å²) in [7, 11) is 3.78. The topological polar surface area (TPSA) is 90.3 Å². The van der Waals surface area contributed by atoms with Crippen LogP contribution in [0.1, 0.15) is 42.5 Å². The van der Waals surface area contributed by atoms with Gasteiger partial charge in [0.2, 0.25) is 0 Å². The third-order valence-corrected chi connectivity index (χ3v) is 5.74. The summed E-state index contributed by atoms with van der Waals surface area (Å²) in [5, 5.41) is 20.9. The third-order valence-electron chi connectivity index (χ3n) is 5.74. The molecule has 176 valence electrons. The van der Waals surface area contributed by atoms with Crippen LogP contribution in [-0.2, 0) is 9.59 Å². The molecule has 7 heteroatoms. The molecule has 3 rings (SSSR count). The third kappa shape index (κ3) is 5.37. The van der Waals surface area contributed by atoms with Crippen LogP contribution in [0.25, 0.3) is 5.76 Å². The zero-order valence-corrected chi connectivity index (χ0v) is 19.7. The van der Waals surface area contributed by atoms with Crippen LogP contribution in [0.2, 0.25) is 0 Å². The minimum absolute atomic E-state index is 0.0449. The molecule has 1 heterocycles. The van der Waals surface area contributed by atoms with E-state index >= 15 is 0 Å². The molecule has 1 amide bonds. The number of Topliss-reactive ketones (excluding diaryl/α,β-unsaturated/α-hetero) is 1. The molecule has 0 aliphatic carbocycles. The van der Waals surface area contributed by atoms with E-state index in [2.05, 4.69) is 6.92 Å². The molecule has 1 atom stereocenters. The number of phenols is 1. The van der Waals surface area contributed by atoms with E-state index in [0.29, 0.717) is 30.8 Å². The van der Waals surface area contributed by atoms with E-state index in [1.165, 1.54) is 17.0 Å². The number of nitrogens with zero attached hydrogens (tertiary/aromatic N) is 2. The van der Waals surface area contributed by atoms with Crippen molar-refractivity contribution in [2.45, 2.75) is 32.7 Å². The number of ketones is 1. The Morgan fingerprint density at radius 2 is 1.82 bits per heavy atom. The van der Waals surface area contributed by atoms with Gasteiger partial charge in [-0.25, -0.2) is 0 Å². The number of rotatable bonds is 9. The standard InChI is InChI=1S/C26H32N2O5/c1-5-6-15-33-21-12-9-19(16-17(21)2)24(30)22-23(18-7-10-20(29)11-8-18)28(14-13-27(3)4)26(32)25(22)31/h7-12,16,23,29-30H,5-6,13-15H2,1-4H3/b24-22+/t23-/m1/s1. The number of hydrogen-bond acceptors (Lipinski definition) is 6. The van der Waals surface area contributed by atoms with E-state index < -0.39 is 17.7 Å². The summed E-state index contributed by atoms with van der Waals surface area (Å²) in [6.45, 7) is 5.47. The number of ether oxygens (including phenoxy) is 1. The number of carbonyl (C=O) groups is 2. The van der Waals surface area contributed by atoms with E-state index in [1.54, 1.807) is 30.3 Å². The second-order valence-electron chi connectivity index (χ2n) is 8.57. The second-order valence-corrected chi connectivity index (χ2v) is 8.57. The van der Waals surface area contributed by atoms with E-state index in [1.807, 2.05) is 25.9 Å². The minimum atomic E-state index is -0.744. The fourth-order valence-corrected chi connectivity index (χ4v) is 3.86. The van der Waals surface area contributed by atoms with Crippen molar-refractivity contribution in [1.82, 2.24) is 9.80 Å². The minimum Gasteiger partial charge on any atom is -0.508 e. The van der Waals surface area contributed by atoms with Crippen molar-refractivity contribution in [3.8, 4) is 11.5 Å². The summed E-state index contributed by atoms with van der Waals surface area (Å²) in [6, 6.07) is 10.8. The molecule has 0 saturated carbocycles. The fraction of sp³-hybridized carbons (Fsp3) is 0.385. The molecular formula is C26H32N2O5. The molecule has 0 spiro atoms. The molecule has 1 aliphatic rings. The largest absolute Gasteiger partial charge is 0.508 e. The summed E-state index contributed by atoms with van der Waals surface area (Å²) in [5.74, 6) is -0.778. The SMILES string of the molecule is CCCCOc1ccc(/C(O)=C2\C(=O)C(=O)N(CCN(C)C)[C@@H]2c2ccc(O)cc2)cc1C. The van der Waals surface area contributed by atoms with Crippen LogP contribution in [0.15, 0.2) is 48.0 Å². The first kappa shape index (κ1) is 24.3. The van der Waals surface area contributed by atoms with E-state index in [9.17, 15) is 19.8 Å². The van der Waals surface area contributed by atoms with Gasteiger partial charge in [-0.05, 0) is 68.9 Å². The highest BCUT2D eigenvalue weighted by Gasteiger charge is 2.45. The Labute approximate surface area is 194 Å². The van der Waals surface area contributed by atoms with E-state index in [-0.39, 0.29) is 17.1 Å². The van der Waals surface area contributed by atoms with Crippen LogP contribution in [0, 0.1) is 6.92 Å². The van der Waals surface area contributed by atoms with Crippen molar-refractivity contribution < 1.29 is 24.5 Å². The monoisotopic (exact) mass is 452 g/mol. The summed E-state index contributed by atoms with van der Waals surface area (Å²) >= 11 is 0. The number of aryl methyl sites for hydroxylation is 1. The smallest absolute Gasteiger partial charge is 0.295 e. The highest BCUT2D eigenvalue weighted by molar-refractivity contribution is 6.46. The van der Waals surface area contributed by atoms with Crippen LogP contribution in [-0.4, -0.2) is 65.5 Å². The maximum atomic E-state index is 13.1. The molecule has 2 aromatic carbocycles. The Morgan fingerprint density at radius 1 is 1.12 bits per heavy atom. The molecule has 0 unspecified atom stereocenters. The van der Waals surface area contributed by atoms with Gasteiger partial charge < -0.3 is 24.7 Å². The van der Waals surface area contributed by atoms with Crippen molar-refractivity contribution in [1.29, 1.82) is 0 Å². The Balaban J connectivity index is 2.04. The van der Waals surface area contributed by atoms with E-state index in [4.69, 9.17) is 4.74 Å². The van der Waals surface area contributed by atoms with Gasteiger partial charge in [0.1, 0.15) is 17.3 Å². The lowest BCUT2D eigenvalue weighted by atomic mass is 9.94. The molecule has 0 radical (unpaired) electrons. The molecule has 2 aromatic rings. The number of likely N-dealkylation sites (tertiary alicyclic amines) is 1. The van der Waals surface area contributed by atoms with Crippen molar-refractivity contribution in [2.24, 2.45) is 0 Å². The van der Waals surface area contributed by atoms with Gasteiger partial charge in [0, 0.05) is 18.7 Å². The summed E-state index contributed by atoms with van der Waals surface area (Å²) in [6.07, 6.45) is 1.98. The van der Waals surface area contributed by atoms with E-state index in [0.717, 1.165) is 24.2 Å². The zero-order chi connectivity index (χ0) is 24.1. The lowest BCUT2D eigenvalue weighted by molar-refractivity contribution is -0.140. The Bertz CT molecular complexity index is 1040. The number of hydrogen-bond donors (Lipinski definition) is 2. The van der Waals surface area contributed by atoms with Crippen molar-refractivity contribution in [3.63, 3.8) is 0 Å². The average molecular weight is 453 g/mol. The maximum Gasteiger partial charge on any atom is 0.295 e. The Morgan fingerprint density at radius 3 is 2.42 bits per heavy atom. The number of likely N-dealkylation sites (N-methyl/N-ethyl adjacent to an activating group) is 1. The van der Waals surface area contributed by atoms with Crippen LogP contribution in [0.5, 0.6) is 11.5 Å². The van der Waals surface area contributed by atoms with Gasteiger partial charge in [-0.3, -0.25) is 9.59 Å².